The van der Waals surface area contributed by atoms with Gasteiger partial charge < -0.3 is 9.84 Å². The Morgan fingerprint density at radius 3 is 2.65 bits per heavy atom. The Kier molecular flexibility index (Phi) is 4.17. The molecule has 0 aliphatic rings. The number of hydrogen-bond donors (Lipinski definition) is 1. The molecule has 0 aliphatic heterocycles. The van der Waals surface area contributed by atoms with Gasteiger partial charge in [0.2, 0.25) is 0 Å². The van der Waals surface area contributed by atoms with Crippen LogP contribution in [0.4, 0.5) is 0 Å². The van der Waals surface area contributed by atoms with E-state index in [9.17, 15) is 0 Å². The minimum absolute atomic E-state index is 0.309. The number of nitrogens with zero attached hydrogens (tertiary/aromatic N) is 1. The molecule has 0 fully saturated rings. The van der Waals surface area contributed by atoms with Gasteiger partial charge in [0.1, 0.15) is 5.76 Å². The fourth-order valence-electron chi connectivity index (χ4n) is 1.63. The highest BCUT2D eigenvalue weighted by atomic mass is 127. The van der Waals surface area contributed by atoms with E-state index >= 15 is 0 Å². The molecule has 0 radical (unpaired) electrons. The van der Waals surface area contributed by atoms with Crippen LogP contribution in [0.5, 0.6) is 0 Å². The molecule has 1 unspecified atom stereocenters. The molecule has 1 N–H and O–H groups in total. The Balaban J connectivity index is 1.93. The lowest BCUT2D eigenvalue weighted by Crippen LogP contribution is -2.18. The maximum atomic E-state index is 5.03. The molecule has 1 aromatic carbocycles. The van der Waals surface area contributed by atoms with E-state index in [1.807, 2.05) is 13.0 Å². The molecule has 2 rings (SSSR count). The van der Waals surface area contributed by atoms with Crippen molar-refractivity contribution < 1.29 is 4.52 Å². The number of rotatable bonds is 4. The van der Waals surface area contributed by atoms with Gasteiger partial charge in [0.05, 0.1) is 5.69 Å². The summed E-state index contributed by atoms with van der Waals surface area (Å²) in [6.07, 6.45) is 0. The van der Waals surface area contributed by atoms with Crippen molar-refractivity contribution in [3.63, 3.8) is 0 Å². The smallest absolute Gasteiger partial charge is 0.133 e. The average molecular weight is 342 g/mol. The van der Waals surface area contributed by atoms with Crippen LogP contribution in [0.15, 0.2) is 34.9 Å². The van der Waals surface area contributed by atoms with Crippen LogP contribution in [-0.4, -0.2) is 5.16 Å². The predicted molar refractivity (Wildman–Crippen MR) is 75.7 cm³/mol. The van der Waals surface area contributed by atoms with E-state index in [1.165, 1.54) is 9.13 Å². The Bertz CT molecular complexity index is 478. The molecule has 1 heterocycles. The van der Waals surface area contributed by atoms with Gasteiger partial charge in [0.25, 0.3) is 0 Å². The van der Waals surface area contributed by atoms with Crippen LogP contribution >= 0.6 is 22.6 Å². The summed E-state index contributed by atoms with van der Waals surface area (Å²) in [7, 11) is 0. The fourth-order valence-corrected chi connectivity index (χ4v) is 1.99. The molecule has 2 aromatic rings. The van der Waals surface area contributed by atoms with Gasteiger partial charge in [-0.15, -0.1) is 0 Å². The lowest BCUT2D eigenvalue weighted by atomic mass is 10.1. The first kappa shape index (κ1) is 12.6. The highest BCUT2D eigenvalue weighted by Gasteiger charge is 2.06. The summed E-state index contributed by atoms with van der Waals surface area (Å²) in [5, 5.41) is 7.38. The number of halogens is 1. The van der Waals surface area contributed by atoms with E-state index < -0.39 is 0 Å². The van der Waals surface area contributed by atoms with E-state index in [0.717, 1.165) is 18.0 Å². The SMILES string of the molecule is Cc1cc(CNC(C)c2ccc(I)cc2)no1. The molecule has 0 saturated carbocycles. The summed E-state index contributed by atoms with van der Waals surface area (Å²) in [6, 6.07) is 10.8. The number of aromatic nitrogens is 1. The second-order valence-electron chi connectivity index (χ2n) is 4.08. The van der Waals surface area contributed by atoms with Gasteiger partial charge in [-0.05, 0) is 54.1 Å². The summed E-state index contributed by atoms with van der Waals surface area (Å²) < 4.78 is 6.28. The largest absolute Gasteiger partial charge is 0.361 e. The maximum Gasteiger partial charge on any atom is 0.133 e. The summed E-state index contributed by atoms with van der Waals surface area (Å²) in [4.78, 5) is 0. The zero-order valence-electron chi connectivity index (χ0n) is 9.90. The van der Waals surface area contributed by atoms with Crippen molar-refractivity contribution in [2.45, 2.75) is 26.4 Å². The van der Waals surface area contributed by atoms with Crippen LogP contribution in [0.25, 0.3) is 0 Å². The number of hydrogen-bond acceptors (Lipinski definition) is 3. The van der Waals surface area contributed by atoms with E-state index in [1.54, 1.807) is 0 Å². The fraction of sp³-hybridized carbons (Fsp3) is 0.308. The number of benzene rings is 1. The van der Waals surface area contributed by atoms with Gasteiger partial charge in [-0.3, -0.25) is 0 Å². The van der Waals surface area contributed by atoms with Crippen LogP contribution in [0.3, 0.4) is 0 Å². The van der Waals surface area contributed by atoms with Gasteiger partial charge >= 0.3 is 0 Å². The lowest BCUT2D eigenvalue weighted by Gasteiger charge is -2.13. The molecule has 0 amide bonds. The molecule has 1 aromatic heterocycles. The van der Waals surface area contributed by atoms with Crippen molar-refractivity contribution in [3.05, 3.63) is 50.9 Å². The molecule has 0 bridgehead atoms. The quantitative estimate of drug-likeness (QED) is 0.865. The zero-order valence-corrected chi connectivity index (χ0v) is 12.1. The first-order valence-corrected chi connectivity index (χ1v) is 6.64. The second-order valence-corrected chi connectivity index (χ2v) is 5.33. The first-order chi connectivity index (χ1) is 8.15. The first-order valence-electron chi connectivity index (χ1n) is 5.56. The third-order valence-corrected chi connectivity index (χ3v) is 3.36. The van der Waals surface area contributed by atoms with Crippen molar-refractivity contribution in [2.75, 3.05) is 0 Å². The Hall–Kier alpha value is -0.880. The van der Waals surface area contributed by atoms with Gasteiger partial charge in [-0.25, -0.2) is 0 Å². The Morgan fingerprint density at radius 1 is 1.35 bits per heavy atom. The normalized spacial score (nSPS) is 12.6. The summed E-state index contributed by atoms with van der Waals surface area (Å²) in [6.45, 7) is 4.78. The van der Waals surface area contributed by atoms with Crippen LogP contribution in [-0.2, 0) is 6.54 Å². The van der Waals surface area contributed by atoms with Crippen LogP contribution < -0.4 is 5.32 Å². The summed E-state index contributed by atoms with van der Waals surface area (Å²) in [5.41, 5.74) is 2.23. The van der Waals surface area contributed by atoms with E-state index in [-0.39, 0.29) is 0 Å². The molecular formula is C13H15IN2O. The Morgan fingerprint density at radius 2 is 2.06 bits per heavy atom. The van der Waals surface area contributed by atoms with Crippen molar-refractivity contribution in [1.29, 1.82) is 0 Å². The summed E-state index contributed by atoms with van der Waals surface area (Å²) >= 11 is 2.31. The number of aryl methyl sites for hydroxylation is 1. The second kappa shape index (κ2) is 5.64. The summed E-state index contributed by atoms with van der Waals surface area (Å²) in [5.74, 6) is 0.851. The zero-order chi connectivity index (χ0) is 12.3. The molecule has 0 saturated heterocycles. The molecular weight excluding hydrogens is 327 g/mol. The standard InChI is InChI=1S/C13H15IN2O/c1-9-7-13(16-17-9)8-15-10(2)11-3-5-12(14)6-4-11/h3-7,10,15H,8H2,1-2H3. The molecule has 0 spiro atoms. The highest BCUT2D eigenvalue weighted by molar-refractivity contribution is 14.1. The average Bonchev–Trinajstić information content (AvgIpc) is 2.73. The van der Waals surface area contributed by atoms with Gasteiger partial charge in [0.15, 0.2) is 0 Å². The van der Waals surface area contributed by atoms with Gasteiger partial charge in [0, 0.05) is 22.2 Å². The third kappa shape index (κ3) is 3.54. The number of nitrogens with one attached hydrogen (secondary N) is 1. The van der Waals surface area contributed by atoms with Crippen molar-refractivity contribution in [3.8, 4) is 0 Å². The molecule has 0 aliphatic carbocycles. The third-order valence-electron chi connectivity index (χ3n) is 2.64. The van der Waals surface area contributed by atoms with E-state index in [2.05, 4.69) is 64.3 Å². The molecule has 90 valence electrons. The topological polar surface area (TPSA) is 38.1 Å². The highest BCUT2D eigenvalue weighted by Crippen LogP contribution is 2.15. The van der Waals surface area contributed by atoms with Crippen molar-refractivity contribution in [1.82, 2.24) is 10.5 Å². The van der Waals surface area contributed by atoms with Crippen LogP contribution in [0, 0.1) is 10.5 Å². The molecule has 1 atom stereocenters. The predicted octanol–water partition coefficient (Wildman–Crippen LogP) is 3.44. The van der Waals surface area contributed by atoms with Crippen LogP contribution in [0.1, 0.15) is 30.0 Å². The van der Waals surface area contributed by atoms with E-state index in [0.29, 0.717) is 6.04 Å². The molecule has 3 nitrogen and oxygen atoms in total. The monoisotopic (exact) mass is 342 g/mol. The molecule has 4 heteroatoms. The van der Waals surface area contributed by atoms with Crippen molar-refractivity contribution in [2.24, 2.45) is 0 Å². The minimum atomic E-state index is 0.309. The molecule has 17 heavy (non-hydrogen) atoms. The minimum Gasteiger partial charge on any atom is -0.361 e. The lowest BCUT2D eigenvalue weighted by molar-refractivity contribution is 0.386. The van der Waals surface area contributed by atoms with E-state index in [4.69, 9.17) is 4.52 Å². The van der Waals surface area contributed by atoms with Gasteiger partial charge in [-0.1, -0.05) is 17.3 Å². The van der Waals surface area contributed by atoms with Crippen LogP contribution in [0.2, 0.25) is 0 Å². The Labute approximate surface area is 115 Å². The van der Waals surface area contributed by atoms with Gasteiger partial charge in [-0.2, -0.15) is 0 Å². The van der Waals surface area contributed by atoms with Crippen molar-refractivity contribution >= 4 is 22.6 Å². The maximum absolute atomic E-state index is 5.03.